The van der Waals surface area contributed by atoms with Crippen LogP contribution in [0.3, 0.4) is 0 Å². The first-order valence-corrected chi connectivity index (χ1v) is 13.6. The maximum absolute atomic E-state index is 14.2. The van der Waals surface area contributed by atoms with Crippen molar-refractivity contribution in [2.24, 2.45) is 5.92 Å². The van der Waals surface area contributed by atoms with Crippen molar-refractivity contribution in [3.8, 4) is 11.5 Å². The summed E-state index contributed by atoms with van der Waals surface area (Å²) >= 11 is 6.17. The molecule has 12 heteroatoms. The van der Waals surface area contributed by atoms with Gasteiger partial charge >= 0.3 is 6.03 Å². The van der Waals surface area contributed by atoms with Crippen LogP contribution < -0.4 is 30.7 Å². The molecule has 0 aliphatic rings. The van der Waals surface area contributed by atoms with Gasteiger partial charge in [0.15, 0.2) is 0 Å². The summed E-state index contributed by atoms with van der Waals surface area (Å²) < 4.78 is 24.6. The van der Waals surface area contributed by atoms with Crippen molar-refractivity contribution in [3.05, 3.63) is 57.9 Å². The van der Waals surface area contributed by atoms with Gasteiger partial charge in [-0.25, -0.2) is 9.18 Å². The van der Waals surface area contributed by atoms with Crippen LogP contribution in [0.15, 0.2) is 30.3 Å². The van der Waals surface area contributed by atoms with Gasteiger partial charge in [0.1, 0.15) is 23.4 Å². The summed E-state index contributed by atoms with van der Waals surface area (Å²) in [5, 5.41) is 10.4. The normalized spacial score (nSPS) is 12.2. The molecule has 2 aromatic rings. The minimum Gasteiger partial charge on any atom is -0.497 e. The molecule has 2 rings (SSSR count). The third-order valence-electron chi connectivity index (χ3n) is 6.26. The summed E-state index contributed by atoms with van der Waals surface area (Å²) in [6.45, 7) is 6.95. The zero-order valence-electron chi connectivity index (χ0n) is 24.2. The van der Waals surface area contributed by atoms with E-state index in [0.717, 1.165) is 0 Å². The molecule has 10 nitrogen and oxygen atoms in total. The number of Topliss-reactive ketones (excluding diaryl/α,β-unsaturated/α-hetero) is 1. The average Bonchev–Trinajstić information content (AvgIpc) is 2.95. The van der Waals surface area contributed by atoms with Gasteiger partial charge < -0.3 is 30.7 Å². The fraction of sp³-hybridized carbons (Fsp3) is 0.448. The number of amides is 4. The molecule has 0 aliphatic heterocycles. The van der Waals surface area contributed by atoms with E-state index in [2.05, 4.69) is 21.3 Å². The van der Waals surface area contributed by atoms with Gasteiger partial charge in [0.2, 0.25) is 11.7 Å². The molecule has 0 spiro atoms. The molecule has 0 heterocycles. The number of aryl methyl sites for hydroxylation is 1. The van der Waals surface area contributed by atoms with Crippen molar-refractivity contribution in [1.29, 1.82) is 0 Å². The molecule has 0 fully saturated rings. The predicted molar refractivity (Wildman–Crippen MR) is 153 cm³/mol. The van der Waals surface area contributed by atoms with Gasteiger partial charge in [0.25, 0.3) is 5.91 Å². The monoisotopic (exact) mass is 592 g/mol. The Kier molecular flexibility index (Phi) is 12.9. The number of hydrogen-bond donors (Lipinski definition) is 4. The summed E-state index contributed by atoms with van der Waals surface area (Å²) in [6, 6.07) is 5.03. The minimum absolute atomic E-state index is 0.00800. The number of rotatable bonds is 14. The number of ether oxygens (including phenoxy) is 2. The Morgan fingerprint density at radius 2 is 1.56 bits per heavy atom. The van der Waals surface area contributed by atoms with Gasteiger partial charge in [-0.05, 0) is 55.0 Å². The highest BCUT2D eigenvalue weighted by Crippen LogP contribution is 2.24. The standard InChI is InChI=1S/C29H38ClFN4O6/c1-7-23(26(36)28(38)32-14-18-11-19(40-5)13-20(12-18)41-6)34-27(37)24(10-16(2)3)35-29(39)33-15-21-22(31)9-8-17(4)25(21)30/h8-9,11-13,16,23-24H,7,10,14-15H2,1-6H3,(H,32,38)(H,34,37)(H2,33,35,39). The number of carbonyl (C=O) groups excluding carboxylic acids is 4. The molecule has 0 aromatic heterocycles. The van der Waals surface area contributed by atoms with Crippen molar-refractivity contribution in [2.75, 3.05) is 14.2 Å². The number of urea groups is 1. The first-order chi connectivity index (χ1) is 19.4. The van der Waals surface area contributed by atoms with Crippen molar-refractivity contribution in [1.82, 2.24) is 21.3 Å². The van der Waals surface area contributed by atoms with Gasteiger partial charge in [0.05, 0.1) is 25.3 Å². The van der Waals surface area contributed by atoms with E-state index in [0.29, 0.717) is 22.6 Å². The minimum atomic E-state index is -1.11. The Labute approximate surface area is 244 Å². The molecule has 4 N–H and O–H groups in total. The summed E-state index contributed by atoms with van der Waals surface area (Å²) in [6.07, 6.45) is 0.407. The molecule has 0 bridgehead atoms. The molecule has 4 amide bonds. The van der Waals surface area contributed by atoms with Crippen molar-refractivity contribution >= 4 is 35.2 Å². The molecule has 2 aromatic carbocycles. The highest BCUT2D eigenvalue weighted by atomic mass is 35.5. The fourth-order valence-electron chi connectivity index (χ4n) is 3.98. The fourth-order valence-corrected chi connectivity index (χ4v) is 4.20. The molecule has 41 heavy (non-hydrogen) atoms. The van der Waals surface area contributed by atoms with E-state index in [1.54, 1.807) is 32.0 Å². The topological polar surface area (TPSA) is 135 Å². The summed E-state index contributed by atoms with van der Waals surface area (Å²) in [5.74, 6) is -1.83. The highest BCUT2D eigenvalue weighted by molar-refractivity contribution is 6.38. The molecule has 224 valence electrons. The van der Waals surface area contributed by atoms with Crippen LogP contribution in [0, 0.1) is 18.7 Å². The van der Waals surface area contributed by atoms with E-state index in [9.17, 15) is 23.6 Å². The molecule has 0 saturated carbocycles. The van der Waals surface area contributed by atoms with E-state index in [-0.39, 0.29) is 42.4 Å². The van der Waals surface area contributed by atoms with Crippen LogP contribution in [0.25, 0.3) is 0 Å². The second-order valence-electron chi connectivity index (χ2n) is 9.90. The van der Waals surface area contributed by atoms with E-state index in [1.807, 2.05) is 13.8 Å². The van der Waals surface area contributed by atoms with Crippen LogP contribution in [0.1, 0.15) is 50.3 Å². The number of benzene rings is 2. The Hall–Kier alpha value is -3.86. The Morgan fingerprint density at radius 1 is 0.927 bits per heavy atom. The third kappa shape index (κ3) is 9.93. The molecular formula is C29H38ClFN4O6. The second-order valence-corrected chi connectivity index (χ2v) is 10.3. The van der Waals surface area contributed by atoms with Crippen LogP contribution in [-0.2, 0) is 27.5 Å². The lowest BCUT2D eigenvalue weighted by Gasteiger charge is -2.23. The van der Waals surface area contributed by atoms with E-state index >= 15 is 0 Å². The zero-order chi connectivity index (χ0) is 30.7. The van der Waals surface area contributed by atoms with Gasteiger partial charge in [-0.1, -0.05) is 38.4 Å². The van der Waals surface area contributed by atoms with E-state index in [4.69, 9.17) is 21.1 Å². The number of carbonyl (C=O) groups is 4. The lowest BCUT2D eigenvalue weighted by Crippen LogP contribution is -2.55. The molecule has 0 saturated heterocycles. The average molecular weight is 593 g/mol. The second kappa shape index (κ2) is 15.8. The molecular weight excluding hydrogens is 555 g/mol. The summed E-state index contributed by atoms with van der Waals surface area (Å²) in [5.41, 5.74) is 1.44. The van der Waals surface area contributed by atoms with Gasteiger partial charge in [-0.2, -0.15) is 0 Å². The van der Waals surface area contributed by atoms with Crippen molar-refractivity contribution in [3.63, 3.8) is 0 Å². The van der Waals surface area contributed by atoms with Crippen LogP contribution in [-0.4, -0.2) is 49.9 Å². The molecule has 2 atom stereocenters. The SMILES string of the molecule is CCC(NC(=O)C(CC(C)C)NC(=O)NCc1c(F)ccc(C)c1Cl)C(=O)C(=O)NCc1cc(OC)cc(OC)c1. The number of hydrogen-bond acceptors (Lipinski definition) is 6. The van der Waals surface area contributed by atoms with Crippen molar-refractivity contribution in [2.45, 2.75) is 65.7 Å². The van der Waals surface area contributed by atoms with Crippen LogP contribution in [0.2, 0.25) is 5.02 Å². The van der Waals surface area contributed by atoms with Crippen molar-refractivity contribution < 1.29 is 33.0 Å². The Balaban J connectivity index is 2.02. The molecule has 0 aliphatic carbocycles. The van der Waals surface area contributed by atoms with Gasteiger partial charge in [-0.15, -0.1) is 0 Å². The summed E-state index contributed by atoms with van der Waals surface area (Å²) in [7, 11) is 3.00. The van der Waals surface area contributed by atoms with E-state index < -0.39 is 41.5 Å². The maximum Gasteiger partial charge on any atom is 0.315 e. The molecule has 2 unspecified atom stereocenters. The largest absolute Gasteiger partial charge is 0.497 e. The number of halogens is 2. The lowest BCUT2D eigenvalue weighted by molar-refractivity contribution is -0.140. The first kappa shape index (κ1) is 33.3. The number of methoxy groups -OCH3 is 2. The van der Waals surface area contributed by atoms with Gasteiger partial charge in [-0.3, -0.25) is 14.4 Å². The zero-order valence-corrected chi connectivity index (χ0v) is 24.9. The lowest BCUT2D eigenvalue weighted by atomic mass is 10.0. The number of ketones is 1. The quantitative estimate of drug-likeness (QED) is 0.247. The first-order valence-electron chi connectivity index (χ1n) is 13.2. The van der Waals surface area contributed by atoms with Gasteiger partial charge in [0, 0.05) is 24.7 Å². The predicted octanol–water partition coefficient (Wildman–Crippen LogP) is 3.80. The third-order valence-corrected chi connectivity index (χ3v) is 6.79. The highest BCUT2D eigenvalue weighted by Gasteiger charge is 2.29. The maximum atomic E-state index is 14.2. The number of nitrogens with one attached hydrogen (secondary N) is 4. The van der Waals surface area contributed by atoms with Crippen LogP contribution >= 0.6 is 11.6 Å². The smallest absolute Gasteiger partial charge is 0.315 e. The molecule has 0 radical (unpaired) electrons. The van der Waals surface area contributed by atoms with E-state index in [1.165, 1.54) is 26.4 Å². The van der Waals surface area contributed by atoms with Crippen LogP contribution in [0.4, 0.5) is 9.18 Å². The van der Waals surface area contributed by atoms with Crippen LogP contribution in [0.5, 0.6) is 11.5 Å². The summed E-state index contributed by atoms with van der Waals surface area (Å²) in [4.78, 5) is 51.2. The Bertz CT molecular complexity index is 1230. The Morgan fingerprint density at radius 3 is 2.12 bits per heavy atom.